The van der Waals surface area contributed by atoms with E-state index < -0.39 is 6.04 Å². The maximum Gasteiger partial charge on any atom is 0.240 e. The Hall–Kier alpha value is -2.34. The highest BCUT2D eigenvalue weighted by Gasteiger charge is 2.28. The third-order valence-electron chi connectivity index (χ3n) is 4.84. The summed E-state index contributed by atoms with van der Waals surface area (Å²) >= 11 is 12.1. The molecule has 5 nitrogen and oxygen atoms in total. The number of aromatic nitrogens is 2. The second-order valence-corrected chi connectivity index (χ2v) is 7.55. The van der Waals surface area contributed by atoms with E-state index in [-0.39, 0.29) is 5.91 Å². The summed E-state index contributed by atoms with van der Waals surface area (Å²) in [6, 6.07) is 10.8. The molecule has 4 rings (SSSR count). The van der Waals surface area contributed by atoms with Crippen LogP contribution >= 0.6 is 23.2 Å². The number of hydrogen-bond donors (Lipinski definition) is 2. The van der Waals surface area contributed by atoms with E-state index in [1.165, 1.54) is 0 Å². The first kappa shape index (κ1) is 18.0. The fourth-order valence-corrected chi connectivity index (χ4v) is 3.87. The lowest BCUT2D eigenvalue weighted by molar-refractivity contribution is -0.133. The van der Waals surface area contributed by atoms with E-state index in [1.54, 1.807) is 23.2 Å². The molecule has 1 aliphatic heterocycles. The van der Waals surface area contributed by atoms with Gasteiger partial charge in [0.2, 0.25) is 5.91 Å². The van der Waals surface area contributed by atoms with Gasteiger partial charge in [0.1, 0.15) is 0 Å². The number of halogens is 2. The summed E-state index contributed by atoms with van der Waals surface area (Å²) in [5.74, 6) is -0.0814. The van der Waals surface area contributed by atoms with Crippen molar-refractivity contribution in [3.63, 3.8) is 0 Å². The van der Waals surface area contributed by atoms with Gasteiger partial charge in [-0.3, -0.25) is 9.89 Å². The number of carbonyl (C=O) groups is 1. The number of aromatic amines is 1. The Bertz CT molecular complexity index is 988. The van der Waals surface area contributed by atoms with Crippen molar-refractivity contribution in [3.8, 4) is 11.1 Å². The van der Waals surface area contributed by atoms with Crippen LogP contribution in [-0.2, 0) is 24.3 Å². The number of benzene rings is 2. The summed E-state index contributed by atoms with van der Waals surface area (Å²) in [7, 11) is 0. The van der Waals surface area contributed by atoms with Crippen molar-refractivity contribution in [2.45, 2.75) is 25.6 Å². The van der Waals surface area contributed by atoms with Crippen molar-refractivity contribution in [1.29, 1.82) is 0 Å². The largest absolute Gasteiger partial charge is 0.333 e. The average Bonchev–Trinajstić information content (AvgIpc) is 3.32. The van der Waals surface area contributed by atoms with E-state index in [9.17, 15) is 4.79 Å². The quantitative estimate of drug-likeness (QED) is 0.699. The fraction of sp³-hybridized carbons (Fsp3) is 0.200. The molecule has 0 spiro atoms. The molecule has 2 aromatic carbocycles. The number of hydrogen-bond acceptors (Lipinski definition) is 3. The topological polar surface area (TPSA) is 75.0 Å². The highest BCUT2D eigenvalue weighted by Crippen LogP contribution is 2.29. The van der Waals surface area contributed by atoms with Crippen molar-refractivity contribution in [2.24, 2.45) is 5.73 Å². The Balaban J connectivity index is 1.46. The van der Waals surface area contributed by atoms with Crippen LogP contribution in [0, 0.1) is 0 Å². The first-order valence-corrected chi connectivity index (χ1v) is 9.36. The van der Waals surface area contributed by atoms with E-state index in [0.29, 0.717) is 29.6 Å². The predicted molar refractivity (Wildman–Crippen MR) is 106 cm³/mol. The molecule has 1 aromatic heterocycles. The zero-order valence-corrected chi connectivity index (χ0v) is 16.0. The van der Waals surface area contributed by atoms with Crippen LogP contribution in [0.1, 0.15) is 16.7 Å². The smallest absolute Gasteiger partial charge is 0.240 e. The average molecular weight is 401 g/mol. The molecule has 7 heteroatoms. The Morgan fingerprint density at radius 1 is 1.15 bits per heavy atom. The monoisotopic (exact) mass is 400 g/mol. The summed E-state index contributed by atoms with van der Waals surface area (Å²) in [5, 5.41) is 7.89. The summed E-state index contributed by atoms with van der Waals surface area (Å²) in [4.78, 5) is 14.6. The molecule has 0 saturated heterocycles. The van der Waals surface area contributed by atoms with Crippen LogP contribution in [-0.4, -0.2) is 27.0 Å². The van der Waals surface area contributed by atoms with Gasteiger partial charge in [-0.1, -0.05) is 41.4 Å². The molecule has 1 amide bonds. The SMILES string of the molecule is N[C@H](Cc1ccc(Cl)cc1Cl)C(=O)N1Cc2ccc(-c3cn[nH]c3)cc2C1. The molecule has 0 unspecified atom stereocenters. The second-order valence-electron chi connectivity index (χ2n) is 6.71. The maximum atomic E-state index is 12.8. The van der Waals surface area contributed by atoms with E-state index in [1.807, 2.05) is 18.3 Å². The molecular weight excluding hydrogens is 383 g/mol. The van der Waals surface area contributed by atoms with Crippen molar-refractivity contribution in [2.75, 3.05) is 0 Å². The highest BCUT2D eigenvalue weighted by atomic mass is 35.5. The van der Waals surface area contributed by atoms with Crippen molar-refractivity contribution in [1.82, 2.24) is 15.1 Å². The minimum Gasteiger partial charge on any atom is -0.333 e. The molecule has 2 heterocycles. The summed E-state index contributed by atoms with van der Waals surface area (Å²) in [6.45, 7) is 1.13. The van der Waals surface area contributed by atoms with Gasteiger partial charge in [0.15, 0.2) is 0 Å². The number of nitrogens with one attached hydrogen (secondary N) is 1. The van der Waals surface area contributed by atoms with E-state index in [4.69, 9.17) is 28.9 Å². The lowest BCUT2D eigenvalue weighted by atomic mass is 10.0. The predicted octanol–water partition coefficient (Wildman–Crippen LogP) is 3.80. The minimum atomic E-state index is -0.647. The van der Waals surface area contributed by atoms with Crippen LogP contribution in [0.5, 0.6) is 0 Å². The standard InChI is InChI=1S/C20H18Cl2N4O/c21-17-4-3-13(18(22)7-17)6-19(23)20(27)26-10-14-2-1-12(5-15(14)11-26)16-8-24-25-9-16/h1-5,7-9,19H,6,10-11,23H2,(H,24,25)/t19-/m1/s1. The van der Waals surface area contributed by atoms with Gasteiger partial charge >= 0.3 is 0 Å². The van der Waals surface area contributed by atoms with Gasteiger partial charge in [-0.2, -0.15) is 5.10 Å². The lowest BCUT2D eigenvalue weighted by Crippen LogP contribution is -2.42. The van der Waals surface area contributed by atoms with E-state index in [0.717, 1.165) is 27.8 Å². The van der Waals surface area contributed by atoms with Crippen molar-refractivity contribution < 1.29 is 4.79 Å². The maximum absolute atomic E-state index is 12.8. The fourth-order valence-electron chi connectivity index (χ4n) is 3.38. The second kappa shape index (κ2) is 7.35. The molecule has 0 bridgehead atoms. The number of carbonyl (C=O) groups excluding carboxylic acids is 1. The Labute approximate surface area is 167 Å². The zero-order valence-electron chi connectivity index (χ0n) is 14.5. The number of amides is 1. The molecular formula is C20H18Cl2N4O. The Kier molecular flexibility index (Phi) is 4.91. The molecule has 1 atom stereocenters. The van der Waals surface area contributed by atoms with Crippen LogP contribution < -0.4 is 5.73 Å². The number of rotatable bonds is 4. The third kappa shape index (κ3) is 3.72. The van der Waals surface area contributed by atoms with Crippen molar-refractivity contribution >= 4 is 29.1 Å². The first-order chi connectivity index (χ1) is 13.0. The zero-order chi connectivity index (χ0) is 19.0. The van der Waals surface area contributed by atoms with Gasteiger partial charge in [0.25, 0.3) is 0 Å². The molecule has 3 aromatic rings. The molecule has 138 valence electrons. The third-order valence-corrected chi connectivity index (χ3v) is 5.43. The summed E-state index contributed by atoms with van der Waals surface area (Å²) < 4.78 is 0. The van der Waals surface area contributed by atoms with Gasteiger partial charge in [0.05, 0.1) is 12.2 Å². The van der Waals surface area contributed by atoms with Crippen LogP contribution in [0.15, 0.2) is 48.8 Å². The number of H-pyrrole nitrogens is 1. The minimum absolute atomic E-state index is 0.0814. The molecule has 0 saturated carbocycles. The number of fused-ring (bicyclic) bond motifs is 1. The molecule has 27 heavy (non-hydrogen) atoms. The highest BCUT2D eigenvalue weighted by molar-refractivity contribution is 6.35. The molecule has 0 fully saturated rings. The molecule has 0 aliphatic carbocycles. The number of nitrogens with two attached hydrogens (primary N) is 1. The summed E-state index contributed by atoms with van der Waals surface area (Å²) in [5.41, 5.74) is 11.4. The van der Waals surface area contributed by atoms with E-state index in [2.05, 4.69) is 22.3 Å². The summed E-state index contributed by atoms with van der Waals surface area (Å²) in [6.07, 6.45) is 4.01. The van der Waals surface area contributed by atoms with Crippen molar-refractivity contribution in [3.05, 3.63) is 75.5 Å². The van der Waals surface area contributed by atoms with Crippen LogP contribution in [0.3, 0.4) is 0 Å². The Morgan fingerprint density at radius 3 is 2.70 bits per heavy atom. The van der Waals surface area contributed by atoms with Crippen LogP contribution in [0.4, 0.5) is 0 Å². The lowest BCUT2D eigenvalue weighted by Gasteiger charge is -2.20. The first-order valence-electron chi connectivity index (χ1n) is 8.60. The van der Waals surface area contributed by atoms with E-state index >= 15 is 0 Å². The van der Waals surface area contributed by atoms with Gasteiger partial charge in [-0.05, 0) is 46.9 Å². The van der Waals surface area contributed by atoms with Gasteiger partial charge in [-0.15, -0.1) is 0 Å². The van der Waals surface area contributed by atoms with Gasteiger partial charge < -0.3 is 10.6 Å². The van der Waals surface area contributed by atoms with Crippen LogP contribution in [0.2, 0.25) is 10.0 Å². The normalized spacial score (nSPS) is 14.3. The van der Waals surface area contributed by atoms with Gasteiger partial charge in [-0.25, -0.2) is 0 Å². The Morgan fingerprint density at radius 2 is 1.96 bits per heavy atom. The van der Waals surface area contributed by atoms with Crippen LogP contribution in [0.25, 0.3) is 11.1 Å². The molecule has 3 N–H and O–H groups in total. The number of nitrogens with zero attached hydrogens (tertiary/aromatic N) is 2. The van der Waals surface area contributed by atoms with Gasteiger partial charge in [0, 0.05) is 34.9 Å². The molecule has 0 radical (unpaired) electrons. The molecule has 1 aliphatic rings.